The zero-order valence-electron chi connectivity index (χ0n) is 14.5. The molecular formula is C19H19N5O2. The molecule has 0 aliphatic rings. The second-order valence-corrected chi connectivity index (χ2v) is 5.69. The topological polar surface area (TPSA) is 88.9 Å². The van der Waals surface area contributed by atoms with Crippen molar-refractivity contribution in [3.8, 4) is 0 Å². The van der Waals surface area contributed by atoms with E-state index in [0.717, 1.165) is 5.56 Å². The smallest absolute Gasteiger partial charge is 0.275 e. The van der Waals surface area contributed by atoms with Gasteiger partial charge in [-0.05, 0) is 24.6 Å². The van der Waals surface area contributed by atoms with Crippen LogP contribution in [-0.2, 0) is 0 Å². The van der Waals surface area contributed by atoms with Gasteiger partial charge in [0.2, 0.25) is 0 Å². The number of carbonyl (C=O) groups is 2. The molecule has 1 aromatic carbocycles. The van der Waals surface area contributed by atoms with Crippen molar-refractivity contribution in [3.63, 3.8) is 0 Å². The summed E-state index contributed by atoms with van der Waals surface area (Å²) in [5.41, 5.74) is 1.44. The summed E-state index contributed by atoms with van der Waals surface area (Å²) in [5.74, 6) is -0.302. The summed E-state index contributed by atoms with van der Waals surface area (Å²) in [5, 5.41) is 9.61. The first-order chi connectivity index (χ1) is 12.6. The van der Waals surface area contributed by atoms with Crippen LogP contribution in [0.2, 0.25) is 0 Å². The Morgan fingerprint density at radius 2 is 1.77 bits per heavy atom. The van der Waals surface area contributed by atoms with E-state index in [4.69, 9.17) is 0 Å². The van der Waals surface area contributed by atoms with Crippen LogP contribution < -0.4 is 10.6 Å². The third-order valence-electron chi connectivity index (χ3n) is 3.98. The minimum atomic E-state index is -0.380. The number of nitrogens with one attached hydrogen (secondary N) is 2. The summed E-state index contributed by atoms with van der Waals surface area (Å²) in [6, 6.07) is 16.2. The van der Waals surface area contributed by atoms with Crippen molar-refractivity contribution in [1.82, 2.24) is 20.1 Å². The average molecular weight is 349 g/mol. The highest BCUT2D eigenvalue weighted by molar-refractivity contribution is 6.04. The maximum Gasteiger partial charge on any atom is 0.275 e. The number of nitrogens with zero attached hydrogens (tertiary/aromatic N) is 3. The molecule has 0 radical (unpaired) electrons. The van der Waals surface area contributed by atoms with Crippen molar-refractivity contribution >= 4 is 17.6 Å². The van der Waals surface area contributed by atoms with Crippen molar-refractivity contribution in [2.24, 2.45) is 0 Å². The molecule has 3 rings (SSSR count). The van der Waals surface area contributed by atoms with Gasteiger partial charge < -0.3 is 10.6 Å². The molecule has 26 heavy (non-hydrogen) atoms. The Kier molecular flexibility index (Phi) is 5.07. The van der Waals surface area contributed by atoms with E-state index >= 15 is 0 Å². The number of amides is 2. The van der Waals surface area contributed by atoms with Crippen LogP contribution in [0.5, 0.6) is 0 Å². The second-order valence-electron chi connectivity index (χ2n) is 5.69. The lowest BCUT2D eigenvalue weighted by molar-refractivity contribution is 0.0956. The molecule has 132 valence electrons. The summed E-state index contributed by atoms with van der Waals surface area (Å²) >= 11 is 0. The van der Waals surface area contributed by atoms with E-state index in [1.807, 2.05) is 37.3 Å². The largest absolute Gasteiger partial charge is 0.354 e. The number of pyridine rings is 1. The summed E-state index contributed by atoms with van der Waals surface area (Å²) in [7, 11) is 1.52. The van der Waals surface area contributed by atoms with Gasteiger partial charge in [-0.15, -0.1) is 0 Å². The minimum absolute atomic E-state index is 0.182. The molecule has 0 saturated heterocycles. The predicted octanol–water partition coefficient (Wildman–Crippen LogP) is 2.50. The number of benzene rings is 1. The molecule has 0 fully saturated rings. The monoisotopic (exact) mass is 349 g/mol. The van der Waals surface area contributed by atoms with Gasteiger partial charge in [0.15, 0.2) is 5.69 Å². The fourth-order valence-corrected chi connectivity index (χ4v) is 2.59. The molecule has 3 aromatic rings. The lowest BCUT2D eigenvalue weighted by Gasteiger charge is -2.15. The molecule has 1 atom stereocenters. The number of carbonyl (C=O) groups excluding carboxylic acids is 2. The minimum Gasteiger partial charge on any atom is -0.354 e. The Hall–Kier alpha value is -3.48. The molecular weight excluding hydrogens is 330 g/mol. The van der Waals surface area contributed by atoms with Crippen molar-refractivity contribution in [3.05, 3.63) is 77.7 Å². The number of rotatable bonds is 5. The second kappa shape index (κ2) is 7.60. The summed E-state index contributed by atoms with van der Waals surface area (Å²) < 4.78 is 1.55. The van der Waals surface area contributed by atoms with Crippen LogP contribution >= 0.6 is 0 Å². The maximum absolute atomic E-state index is 12.8. The first kappa shape index (κ1) is 17.3. The van der Waals surface area contributed by atoms with Gasteiger partial charge in [0.1, 0.15) is 11.5 Å². The van der Waals surface area contributed by atoms with Gasteiger partial charge in [-0.1, -0.05) is 36.4 Å². The molecule has 7 nitrogen and oxygen atoms in total. The third kappa shape index (κ3) is 3.61. The SMILES string of the molecule is CNC(=O)c1cc(C(=O)Nc2ccccn2)n(C(C)c2ccccc2)n1. The lowest BCUT2D eigenvalue weighted by atomic mass is 10.1. The number of anilines is 1. The predicted molar refractivity (Wildman–Crippen MR) is 98.1 cm³/mol. The van der Waals surface area contributed by atoms with Crippen LogP contribution in [0.25, 0.3) is 0 Å². The Morgan fingerprint density at radius 3 is 2.42 bits per heavy atom. The van der Waals surface area contributed by atoms with Crippen LogP contribution in [0.15, 0.2) is 60.8 Å². The highest BCUT2D eigenvalue weighted by Gasteiger charge is 2.22. The van der Waals surface area contributed by atoms with E-state index in [-0.39, 0.29) is 29.2 Å². The van der Waals surface area contributed by atoms with Crippen molar-refractivity contribution in [1.29, 1.82) is 0 Å². The van der Waals surface area contributed by atoms with E-state index in [1.165, 1.54) is 13.1 Å². The Bertz CT molecular complexity index is 906. The molecule has 2 aromatic heterocycles. The normalized spacial score (nSPS) is 11.6. The van der Waals surface area contributed by atoms with Crippen molar-refractivity contribution in [2.75, 3.05) is 12.4 Å². The summed E-state index contributed by atoms with van der Waals surface area (Å²) in [6.07, 6.45) is 1.59. The molecule has 0 bridgehead atoms. The standard InChI is InChI=1S/C19H19N5O2/c1-13(14-8-4-3-5-9-14)24-16(12-15(23-24)18(25)20-2)19(26)22-17-10-6-7-11-21-17/h3-13H,1-2H3,(H,20,25)(H,21,22,26). The van der Waals surface area contributed by atoms with Gasteiger partial charge in [0.05, 0.1) is 6.04 Å². The first-order valence-electron chi connectivity index (χ1n) is 8.19. The van der Waals surface area contributed by atoms with Crippen molar-refractivity contribution < 1.29 is 9.59 Å². The molecule has 7 heteroatoms. The highest BCUT2D eigenvalue weighted by atomic mass is 16.2. The van der Waals surface area contributed by atoms with Crippen molar-refractivity contribution in [2.45, 2.75) is 13.0 Å². The van der Waals surface area contributed by atoms with E-state index < -0.39 is 0 Å². The van der Waals surface area contributed by atoms with Gasteiger partial charge in [0.25, 0.3) is 11.8 Å². The van der Waals surface area contributed by atoms with Gasteiger partial charge in [0, 0.05) is 19.3 Å². The molecule has 1 unspecified atom stereocenters. The van der Waals surface area contributed by atoms with Gasteiger partial charge in [-0.2, -0.15) is 5.10 Å². The van der Waals surface area contributed by atoms with Crippen LogP contribution in [0, 0.1) is 0 Å². The molecule has 0 saturated carbocycles. The quantitative estimate of drug-likeness (QED) is 0.741. The van der Waals surface area contributed by atoms with Gasteiger partial charge in [-0.3, -0.25) is 14.3 Å². The van der Waals surface area contributed by atoms with Crippen LogP contribution in [0.4, 0.5) is 5.82 Å². The number of hydrogen-bond donors (Lipinski definition) is 2. The van der Waals surface area contributed by atoms with E-state index in [1.54, 1.807) is 29.1 Å². The molecule has 2 heterocycles. The molecule has 0 spiro atoms. The zero-order chi connectivity index (χ0) is 18.5. The van der Waals surface area contributed by atoms with Gasteiger partial charge >= 0.3 is 0 Å². The third-order valence-corrected chi connectivity index (χ3v) is 3.98. The Balaban J connectivity index is 1.98. The fraction of sp³-hybridized carbons (Fsp3) is 0.158. The molecule has 2 N–H and O–H groups in total. The Labute approximate surface area is 151 Å². The first-order valence-corrected chi connectivity index (χ1v) is 8.19. The zero-order valence-corrected chi connectivity index (χ0v) is 14.5. The van der Waals surface area contributed by atoms with Crippen LogP contribution in [-0.4, -0.2) is 33.6 Å². The van der Waals surface area contributed by atoms with Gasteiger partial charge in [-0.25, -0.2) is 4.98 Å². The van der Waals surface area contributed by atoms with Crippen LogP contribution in [0.1, 0.15) is 39.5 Å². The van der Waals surface area contributed by atoms with Crippen LogP contribution in [0.3, 0.4) is 0 Å². The summed E-state index contributed by atoms with van der Waals surface area (Å²) in [6.45, 7) is 1.92. The number of hydrogen-bond acceptors (Lipinski definition) is 4. The average Bonchev–Trinajstić information content (AvgIpc) is 3.14. The fourth-order valence-electron chi connectivity index (χ4n) is 2.59. The highest BCUT2D eigenvalue weighted by Crippen LogP contribution is 2.20. The lowest BCUT2D eigenvalue weighted by Crippen LogP contribution is -2.21. The Morgan fingerprint density at radius 1 is 1.04 bits per heavy atom. The van der Waals surface area contributed by atoms with E-state index in [9.17, 15) is 9.59 Å². The van der Waals surface area contributed by atoms with E-state index in [0.29, 0.717) is 5.82 Å². The number of aromatic nitrogens is 3. The summed E-state index contributed by atoms with van der Waals surface area (Å²) in [4.78, 5) is 28.8. The molecule has 0 aliphatic heterocycles. The van der Waals surface area contributed by atoms with E-state index in [2.05, 4.69) is 20.7 Å². The maximum atomic E-state index is 12.8. The molecule has 2 amide bonds. The molecule has 0 aliphatic carbocycles.